The average molecular weight is 458 g/mol. The normalized spacial score (nSPS) is 10.8. The molecule has 7 nitrogen and oxygen atoms in total. The Bertz CT molecular complexity index is 843. The van der Waals surface area contributed by atoms with Crippen LogP contribution in [0, 0.1) is 0 Å². The Morgan fingerprint density at radius 3 is 1.93 bits per heavy atom. The smallest absolute Gasteiger partial charge is 0.404 e. The third kappa shape index (κ3) is 10.1. The molecule has 0 aliphatic rings. The zero-order valence-corrected chi connectivity index (χ0v) is 18.3. The third-order valence-electron chi connectivity index (χ3n) is 3.20. The van der Waals surface area contributed by atoms with Gasteiger partial charge in [0.15, 0.2) is 0 Å². The van der Waals surface area contributed by atoms with E-state index in [2.05, 4.69) is 10.6 Å². The minimum Gasteiger partial charge on any atom is -0.465 e. The molecule has 4 N–H and O–H groups in total. The maximum atomic E-state index is 12.3. The van der Waals surface area contributed by atoms with Gasteiger partial charge < -0.3 is 21.1 Å². The Morgan fingerprint density at radius 2 is 1.48 bits per heavy atom. The van der Waals surface area contributed by atoms with Gasteiger partial charge in [-0.1, -0.05) is 23.2 Å². The van der Waals surface area contributed by atoms with Crippen LogP contribution in [0.5, 0.6) is 0 Å². The van der Waals surface area contributed by atoms with Crippen LogP contribution in [-0.4, -0.2) is 35.3 Å². The lowest BCUT2D eigenvalue weighted by atomic mass is 10.3. The van der Waals surface area contributed by atoms with Gasteiger partial charge in [0.05, 0.1) is 5.25 Å². The Morgan fingerprint density at radius 1 is 0.966 bits per heavy atom. The molecule has 0 heterocycles. The number of hydrogen-bond donors (Lipinski definition) is 4. The van der Waals surface area contributed by atoms with Crippen LogP contribution in [0.25, 0.3) is 0 Å². The van der Waals surface area contributed by atoms with E-state index < -0.39 is 6.09 Å². The highest BCUT2D eigenvalue weighted by molar-refractivity contribution is 8.00. The summed E-state index contributed by atoms with van der Waals surface area (Å²) in [6.45, 7) is 3.27. The van der Waals surface area contributed by atoms with E-state index in [-0.39, 0.29) is 17.1 Å². The molecule has 2 aromatic carbocycles. The molecule has 0 aliphatic heterocycles. The summed E-state index contributed by atoms with van der Waals surface area (Å²) >= 11 is 13.3. The van der Waals surface area contributed by atoms with Crippen molar-refractivity contribution in [3.63, 3.8) is 0 Å². The van der Waals surface area contributed by atoms with Crippen LogP contribution in [0.15, 0.2) is 47.4 Å². The van der Waals surface area contributed by atoms with E-state index in [0.717, 1.165) is 10.6 Å². The zero-order valence-electron chi connectivity index (χ0n) is 16.0. The lowest BCUT2D eigenvalue weighted by molar-refractivity contribution is -0.115. The Balaban J connectivity index is 0.000000749. The van der Waals surface area contributed by atoms with Crippen LogP contribution < -0.4 is 16.0 Å². The maximum absolute atomic E-state index is 12.3. The van der Waals surface area contributed by atoms with E-state index in [1.165, 1.54) is 25.7 Å². The molecule has 0 aliphatic carbocycles. The van der Waals surface area contributed by atoms with Gasteiger partial charge in [-0.3, -0.25) is 9.59 Å². The SMILES string of the molecule is CC(=O)Nc1ccc(SC(C)C(=O)Nc2cc(Cl)cc(Cl)c2)cc1.CNC(=O)O. The fourth-order valence-corrected chi connectivity index (χ4v) is 3.34. The molecule has 10 heteroatoms. The molecule has 0 bridgehead atoms. The molecule has 2 rings (SSSR count). The van der Waals surface area contributed by atoms with Crippen molar-refractivity contribution in [2.75, 3.05) is 17.7 Å². The van der Waals surface area contributed by atoms with Gasteiger partial charge in [0.2, 0.25) is 11.8 Å². The van der Waals surface area contributed by atoms with Gasteiger partial charge >= 0.3 is 6.09 Å². The first kappa shape index (κ1) is 24.6. The van der Waals surface area contributed by atoms with Gasteiger partial charge in [0.25, 0.3) is 0 Å². The maximum Gasteiger partial charge on any atom is 0.404 e. The zero-order chi connectivity index (χ0) is 22.0. The predicted octanol–water partition coefficient (Wildman–Crippen LogP) is 4.95. The summed E-state index contributed by atoms with van der Waals surface area (Å²) in [7, 11) is 1.35. The van der Waals surface area contributed by atoms with E-state index in [1.807, 2.05) is 24.4 Å². The fourth-order valence-electron chi connectivity index (χ4n) is 1.95. The topological polar surface area (TPSA) is 108 Å². The lowest BCUT2D eigenvalue weighted by Gasteiger charge is -2.13. The number of carbonyl (C=O) groups excluding carboxylic acids is 2. The molecule has 0 radical (unpaired) electrons. The summed E-state index contributed by atoms with van der Waals surface area (Å²) in [5, 5.41) is 15.7. The van der Waals surface area contributed by atoms with E-state index >= 15 is 0 Å². The van der Waals surface area contributed by atoms with Crippen molar-refractivity contribution in [1.82, 2.24) is 5.32 Å². The summed E-state index contributed by atoms with van der Waals surface area (Å²) in [5.41, 5.74) is 1.28. The van der Waals surface area contributed by atoms with E-state index in [0.29, 0.717) is 15.7 Å². The van der Waals surface area contributed by atoms with Crippen molar-refractivity contribution in [2.45, 2.75) is 24.0 Å². The first-order chi connectivity index (χ1) is 13.6. The van der Waals surface area contributed by atoms with Crippen molar-refractivity contribution in [2.24, 2.45) is 0 Å². The number of rotatable bonds is 5. The highest BCUT2D eigenvalue weighted by Crippen LogP contribution is 2.27. The van der Waals surface area contributed by atoms with Crippen LogP contribution in [0.2, 0.25) is 10.0 Å². The Labute approximate surface area is 183 Å². The van der Waals surface area contributed by atoms with Crippen LogP contribution in [0.3, 0.4) is 0 Å². The van der Waals surface area contributed by atoms with Crippen molar-refractivity contribution < 1.29 is 19.5 Å². The first-order valence-corrected chi connectivity index (χ1v) is 9.96. The molecule has 156 valence electrons. The summed E-state index contributed by atoms with van der Waals surface area (Å²) in [5.74, 6) is -0.271. The second kappa shape index (κ2) is 12.2. The van der Waals surface area contributed by atoms with Gasteiger partial charge in [-0.05, 0) is 49.4 Å². The standard InChI is InChI=1S/C17H16Cl2N2O2S.C2H5NO2/c1-10(17(23)21-15-8-12(18)7-13(19)9-15)24-16-5-3-14(4-6-16)20-11(2)22;1-3-2(4)5/h3-10H,1-2H3,(H,20,22)(H,21,23);3H,1H3,(H,4,5). The van der Waals surface area contributed by atoms with Crippen LogP contribution in [0.1, 0.15) is 13.8 Å². The largest absolute Gasteiger partial charge is 0.465 e. The Kier molecular flexibility index (Phi) is 10.4. The summed E-state index contributed by atoms with van der Waals surface area (Å²) < 4.78 is 0. The number of benzene rings is 2. The lowest BCUT2D eigenvalue weighted by Crippen LogP contribution is -2.22. The average Bonchev–Trinajstić information content (AvgIpc) is 2.62. The highest BCUT2D eigenvalue weighted by Gasteiger charge is 2.15. The third-order valence-corrected chi connectivity index (χ3v) is 4.75. The molecular formula is C19H21Cl2N3O4S. The minimum absolute atomic E-state index is 0.122. The van der Waals surface area contributed by atoms with Crippen molar-refractivity contribution in [1.29, 1.82) is 0 Å². The molecule has 0 aromatic heterocycles. The minimum atomic E-state index is -0.995. The fraction of sp³-hybridized carbons (Fsp3) is 0.211. The number of nitrogens with one attached hydrogen (secondary N) is 3. The molecule has 0 saturated heterocycles. The molecule has 1 unspecified atom stereocenters. The molecule has 3 amide bonds. The highest BCUT2D eigenvalue weighted by atomic mass is 35.5. The molecule has 2 aromatic rings. The second-order valence-electron chi connectivity index (χ2n) is 5.67. The number of carbonyl (C=O) groups is 3. The van der Waals surface area contributed by atoms with Crippen LogP contribution in [-0.2, 0) is 9.59 Å². The number of hydrogen-bond acceptors (Lipinski definition) is 4. The van der Waals surface area contributed by atoms with Gasteiger partial charge in [-0.2, -0.15) is 0 Å². The van der Waals surface area contributed by atoms with Gasteiger partial charge in [0, 0.05) is 40.3 Å². The monoisotopic (exact) mass is 457 g/mol. The van der Waals surface area contributed by atoms with Crippen LogP contribution in [0.4, 0.5) is 16.2 Å². The van der Waals surface area contributed by atoms with Gasteiger partial charge in [0.1, 0.15) is 0 Å². The van der Waals surface area contributed by atoms with E-state index in [1.54, 1.807) is 30.3 Å². The first-order valence-electron chi connectivity index (χ1n) is 8.32. The number of thioether (sulfide) groups is 1. The van der Waals surface area contributed by atoms with Crippen LogP contribution >= 0.6 is 35.0 Å². The molecule has 0 fully saturated rings. The molecule has 1 atom stereocenters. The Hall–Kier alpha value is -2.42. The van der Waals surface area contributed by atoms with E-state index in [9.17, 15) is 14.4 Å². The quantitative estimate of drug-likeness (QED) is 0.474. The van der Waals surface area contributed by atoms with Crippen molar-refractivity contribution >= 4 is 64.2 Å². The van der Waals surface area contributed by atoms with Crippen molar-refractivity contribution in [3.8, 4) is 0 Å². The second-order valence-corrected chi connectivity index (χ2v) is 7.96. The number of anilines is 2. The van der Waals surface area contributed by atoms with E-state index in [4.69, 9.17) is 28.3 Å². The predicted molar refractivity (Wildman–Crippen MR) is 118 cm³/mol. The van der Waals surface area contributed by atoms with Crippen molar-refractivity contribution in [3.05, 3.63) is 52.5 Å². The summed E-state index contributed by atoms with van der Waals surface area (Å²) in [6, 6.07) is 12.2. The van der Waals surface area contributed by atoms with Gasteiger partial charge in [-0.15, -0.1) is 11.8 Å². The number of amides is 3. The molecular weight excluding hydrogens is 437 g/mol. The summed E-state index contributed by atoms with van der Waals surface area (Å²) in [4.78, 5) is 33.5. The molecule has 0 spiro atoms. The number of carboxylic acid groups (broad SMARTS) is 1. The molecule has 0 saturated carbocycles. The molecule has 29 heavy (non-hydrogen) atoms. The summed E-state index contributed by atoms with van der Waals surface area (Å²) in [6.07, 6.45) is -0.995. The van der Waals surface area contributed by atoms with Gasteiger partial charge in [-0.25, -0.2) is 4.79 Å². The number of halogens is 2.